The molecule has 0 aliphatic heterocycles. The lowest BCUT2D eigenvalue weighted by Crippen LogP contribution is -2.11. The summed E-state index contributed by atoms with van der Waals surface area (Å²) in [5, 5.41) is 3.25. The lowest BCUT2D eigenvalue weighted by atomic mass is 9.92. The molecule has 0 spiro atoms. The SMILES string of the molecule is CNC1=CCCc2cc(OC)c(C)cc21. The van der Waals surface area contributed by atoms with Crippen LogP contribution >= 0.6 is 0 Å². The third-order valence-electron chi connectivity index (χ3n) is 2.94. The van der Waals surface area contributed by atoms with Crippen molar-refractivity contribution < 1.29 is 4.74 Å². The molecule has 0 radical (unpaired) electrons. The highest BCUT2D eigenvalue weighted by atomic mass is 16.5. The zero-order valence-electron chi connectivity index (χ0n) is 9.55. The fraction of sp³-hybridized carbons (Fsp3) is 0.385. The van der Waals surface area contributed by atoms with Crippen LogP contribution < -0.4 is 10.1 Å². The van der Waals surface area contributed by atoms with Crippen LogP contribution in [0, 0.1) is 6.92 Å². The topological polar surface area (TPSA) is 21.3 Å². The van der Waals surface area contributed by atoms with Gasteiger partial charge in [0, 0.05) is 18.3 Å². The molecule has 0 unspecified atom stereocenters. The Labute approximate surface area is 91.0 Å². The van der Waals surface area contributed by atoms with Crippen LogP contribution in [0.25, 0.3) is 5.70 Å². The van der Waals surface area contributed by atoms with E-state index in [0.29, 0.717) is 0 Å². The highest BCUT2D eigenvalue weighted by Crippen LogP contribution is 2.30. The molecular formula is C13H17NO. The Morgan fingerprint density at radius 2 is 2.13 bits per heavy atom. The first-order chi connectivity index (χ1) is 7.26. The average molecular weight is 203 g/mol. The van der Waals surface area contributed by atoms with E-state index < -0.39 is 0 Å². The fourth-order valence-corrected chi connectivity index (χ4v) is 2.13. The number of ether oxygens (including phenoxy) is 1. The standard InChI is InChI=1S/C13H17NO/c1-9-7-11-10(8-13(9)15-3)5-4-6-12(11)14-2/h6-8,14H,4-5H2,1-3H3. The van der Waals surface area contributed by atoms with Crippen molar-refractivity contribution >= 4 is 5.70 Å². The van der Waals surface area contributed by atoms with Crippen molar-refractivity contribution in [2.75, 3.05) is 14.2 Å². The second kappa shape index (κ2) is 3.97. The van der Waals surface area contributed by atoms with Crippen LogP contribution in [0.2, 0.25) is 0 Å². The summed E-state index contributed by atoms with van der Waals surface area (Å²) in [6.07, 6.45) is 4.47. The maximum absolute atomic E-state index is 5.34. The predicted octanol–water partition coefficient (Wildman–Crippen LogP) is 2.51. The zero-order chi connectivity index (χ0) is 10.8. The first kappa shape index (κ1) is 10.1. The number of hydrogen-bond donors (Lipinski definition) is 1. The molecule has 1 aromatic carbocycles. The van der Waals surface area contributed by atoms with E-state index in [4.69, 9.17) is 4.74 Å². The van der Waals surface area contributed by atoms with Crippen molar-refractivity contribution in [2.24, 2.45) is 0 Å². The van der Waals surface area contributed by atoms with Gasteiger partial charge in [0.2, 0.25) is 0 Å². The zero-order valence-corrected chi connectivity index (χ0v) is 9.55. The molecular weight excluding hydrogens is 186 g/mol. The van der Waals surface area contributed by atoms with Gasteiger partial charge in [-0.3, -0.25) is 0 Å². The number of aryl methyl sites for hydroxylation is 2. The Morgan fingerprint density at radius 3 is 2.80 bits per heavy atom. The van der Waals surface area contributed by atoms with Crippen LogP contribution in [0.1, 0.15) is 23.1 Å². The number of nitrogens with one attached hydrogen (secondary N) is 1. The first-order valence-electron chi connectivity index (χ1n) is 5.32. The molecule has 0 saturated carbocycles. The smallest absolute Gasteiger partial charge is 0.122 e. The minimum atomic E-state index is 0.992. The molecule has 1 aliphatic rings. The van der Waals surface area contributed by atoms with Gasteiger partial charge in [-0.1, -0.05) is 6.08 Å². The number of benzene rings is 1. The van der Waals surface area contributed by atoms with Crippen LogP contribution in [-0.2, 0) is 6.42 Å². The molecule has 1 aromatic rings. The summed E-state index contributed by atoms with van der Waals surface area (Å²) in [6, 6.07) is 4.37. The molecule has 0 atom stereocenters. The molecule has 0 bridgehead atoms. The highest BCUT2D eigenvalue weighted by molar-refractivity contribution is 5.70. The van der Waals surface area contributed by atoms with Crippen molar-refractivity contribution in [1.29, 1.82) is 0 Å². The Bertz CT molecular complexity index is 407. The summed E-state index contributed by atoms with van der Waals surface area (Å²) in [6.45, 7) is 2.08. The van der Waals surface area contributed by atoms with Gasteiger partial charge in [-0.15, -0.1) is 0 Å². The van der Waals surface area contributed by atoms with Gasteiger partial charge in [-0.25, -0.2) is 0 Å². The number of rotatable bonds is 2. The second-order valence-corrected chi connectivity index (χ2v) is 3.89. The van der Waals surface area contributed by atoms with E-state index in [2.05, 4.69) is 30.4 Å². The number of fused-ring (bicyclic) bond motifs is 1. The summed E-state index contributed by atoms with van der Waals surface area (Å²) in [7, 11) is 3.70. The van der Waals surface area contributed by atoms with Crippen molar-refractivity contribution in [3.05, 3.63) is 34.9 Å². The number of allylic oxidation sites excluding steroid dienone is 1. The maximum atomic E-state index is 5.34. The molecule has 0 fully saturated rings. The molecule has 2 rings (SSSR count). The predicted molar refractivity (Wildman–Crippen MR) is 63.1 cm³/mol. The van der Waals surface area contributed by atoms with Crippen LogP contribution in [0.5, 0.6) is 5.75 Å². The van der Waals surface area contributed by atoms with Crippen molar-refractivity contribution in [3.63, 3.8) is 0 Å². The monoisotopic (exact) mass is 203 g/mol. The summed E-state index contributed by atoms with van der Waals surface area (Å²) in [4.78, 5) is 0. The second-order valence-electron chi connectivity index (χ2n) is 3.89. The van der Waals surface area contributed by atoms with Gasteiger partial charge in [0.1, 0.15) is 5.75 Å². The van der Waals surface area contributed by atoms with Gasteiger partial charge >= 0.3 is 0 Å². The third-order valence-corrected chi connectivity index (χ3v) is 2.94. The third kappa shape index (κ3) is 1.72. The van der Waals surface area contributed by atoms with Gasteiger partial charge < -0.3 is 10.1 Å². The van der Waals surface area contributed by atoms with E-state index in [1.807, 2.05) is 7.05 Å². The molecule has 1 N–H and O–H groups in total. The van der Waals surface area contributed by atoms with Crippen molar-refractivity contribution in [1.82, 2.24) is 5.32 Å². The first-order valence-corrected chi connectivity index (χ1v) is 5.32. The van der Waals surface area contributed by atoms with Crippen molar-refractivity contribution in [2.45, 2.75) is 19.8 Å². The van der Waals surface area contributed by atoms with Gasteiger partial charge in [0.05, 0.1) is 7.11 Å². The quantitative estimate of drug-likeness (QED) is 0.797. The van der Waals surface area contributed by atoms with Gasteiger partial charge in [-0.2, -0.15) is 0 Å². The molecule has 0 aromatic heterocycles. The van der Waals surface area contributed by atoms with Crippen LogP contribution in [0.4, 0.5) is 0 Å². The van der Waals surface area contributed by atoms with Gasteiger partial charge in [-0.05, 0) is 43.0 Å². The van der Waals surface area contributed by atoms with Crippen LogP contribution in [0.15, 0.2) is 18.2 Å². The molecule has 0 saturated heterocycles. The number of hydrogen-bond acceptors (Lipinski definition) is 2. The Kier molecular flexibility index (Phi) is 2.67. The minimum Gasteiger partial charge on any atom is -0.496 e. The summed E-state index contributed by atoms with van der Waals surface area (Å²) >= 11 is 0. The van der Waals surface area contributed by atoms with E-state index in [-0.39, 0.29) is 0 Å². The Morgan fingerprint density at radius 1 is 1.33 bits per heavy atom. The van der Waals surface area contributed by atoms with E-state index >= 15 is 0 Å². The highest BCUT2D eigenvalue weighted by Gasteiger charge is 2.13. The average Bonchev–Trinajstić information content (AvgIpc) is 2.27. The summed E-state index contributed by atoms with van der Waals surface area (Å²) < 4.78 is 5.34. The maximum Gasteiger partial charge on any atom is 0.122 e. The Hall–Kier alpha value is -1.44. The largest absolute Gasteiger partial charge is 0.496 e. The lowest BCUT2D eigenvalue weighted by molar-refractivity contribution is 0.411. The van der Waals surface area contributed by atoms with Crippen molar-refractivity contribution in [3.8, 4) is 5.75 Å². The normalized spacial score (nSPS) is 14.2. The summed E-state index contributed by atoms with van der Waals surface area (Å²) in [5.74, 6) is 0.992. The van der Waals surface area contributed by atoms with Crippen LogP contribution in [-0.4, -0.2) is 14.2 Å². The molecule has 1 aliphatic carbocycles. The molecule has 2 nitrogen and oxygen atoms in total. The molecule has 0 heterocycles. The minimum absolute atomic E-state index is 0.992. The van der Waals surface area contributed by atoms with E-state index in [1.54, 1.807) is 7.11 Å². The summed E-state index contributed by atoms with van der Waals surface area (Å²) in [5.41, 5.74) is 5.13. The molecule has 80 valence electrons. The van der Waals surface area contributed by atoms with Crippen LogP contribution in [0.3, 0.4) is 0 Å². The van der Waals surface area contributed by atoms with E-state index in [1.165, 1.54) is 22.4 Å². The molecule has 0 amide bonds. The van der Waals surface area contributed by atoms with E-state index in [9.17, 15) is 0 Å². The lowest BCUT2D eigenvalue weighted by Gasteiger charge is -2.19. The van der Waals surface area contributed by atoms with E-state index in [0.717, 1.165) is 18.6 Å². The van der Waals surface area contributed by atoms with Gasteiger partial charge in [0.15, 0.2) is 0 Å². The number of methoxy groups -OCH3 is 1. The molecule has 15 heavy (non-hydrogen) atoms. The Balaban J connectivity index is 2.52. The fourth-order valence-electron chi connectivity index (χ4n) is 2.13. The van der Waals surface area contributed by atoms with Gasteiger partial charge in [0.25, 0.3) is 0 Å². The molecule has 2 heteroatoms.